The van der Waals surface area contributed by atoms with Gasteiger partial charge in [-0.05, 0) is 51.4 Å². The number of ether oxygens (including phenoxy) is 1. The van der Waals surface area contributed by atoms with Crippen molar-refractivity contribution in [3.8, 4) is 0 Å². The lowest BCUT2D eigenvalue weighted by molar-refractivity contribution is -0.159. The van der Waals surface area contributed by atoms with Crippen LogP contribution in [0.2, 0.25) is 0 Å². The van der Waals surface area contributed by atoms with E-state index in [1.807, 2.05) is 18.7 Å². The summed E-state index contributed by atoms with van der Waals surface area (Å²) in [6.07, 6.45) is 6.22. The average Bonchev–Trinajstić information content (AvgIpc) is 3.13. The van der Waals surface area contributed by atoms with Crippen LogP contribution in [-0.2, 0) is 14.3 Å². The van der Waals surface area contributed by atoms with Gasteiger partial charge in [0.2, 0.25) is 11.8 Å². The number of fused-ring (bicyclic) bond motifs is 2. The lowest BCUT2D eigenvalue weighted by atomic mass is 9.85. The second-order valence-electron chi connectivity index (χ2n) is 7.28. The van der Waals surface area contributed by atoms with Gasteiger partial charge in [0.1, 0.15) is 11.6 Å². The maximum Gasteiger partial charge on any atom is 0.249 e. The minimum Gasteiger partial charge on any atom is -0.373 e. The Kier molecular flexibility index (Phi) is 2.87. The predicted octanol–water partition coefficient (Wildman–Crippen LogP) is 1.21. The van der Waals surface area contributed by atoms with Crippen LogP contribution >= 0.6 is 0 Å². The van der Waals surface area contributed by atoms with E-state index in [-0.39, 0.29) is 30.0 Å². The van der Waals surface area contributed by atoms with E-state index in [1.54, 1.807) is 0 Å². The second-order valence-corrected chi connectivity index (χ2v) is 7.28. The highest BCUT2D eigenvalue weighted by Crippen LogP contribution is 2.45. The first-order chi connectivity index (χ1) is 10.0. The van der Waals surface area contributed by atoms with Crippen LogP contribution in [0.1, 0.15) is 52.4 Å². The van der Waals surface area contributed by atoms with Crippen LogP contribution in [0.4, 0.5) is 0 Å². The van der Waals surface area contributed by atoms with Crippen molar-refractivity contribution in [3.63, 3.8) is 0 Å². The standard InChI is InChI=1S/C16H24N2O3/c1-3-11-14(19)17-16(2,9-4-5-9)15(20)18(11)12-8-10-6-7-13(12)21-10/h9-13H,3-8H2,1-2H3,(H,17,19). The molecule has 0 aromatic heterocycles. The third kappa shape index (κ3) is 1.86. The van der Waals surface area contributed by atoms with E-state index >= 15 is 0 Å². The Balaban J connectivity index is 1.67. The molecule has 2 bridgehead atoms. The number of rotatable bonds is 3. The second kappa shape index (κ2) is 4.45. The fraction of sp³-hybridized carbons (Fsp3) is 0.875. The Morgan fingerprint density at radius 1 is 1.29 bits per heavy atom. The van der Waals surface area contributed by atoms with Gasteiger partial charge in [0.05, 0.1) is 18.2 Å². The van der Waals surface area contributed by atoms with Gasteiger partial charge in [-0.25, -0.2) is 0 Å². The summed E-state index contributed by atoms with van der Waals surface area (Å²) in [7, 11) is 0. The minimum atomic E-state index is -0.690. The Morgan fingerprint density at radius 3 is 2.57 bits per heavy atom. The van der Waals surface area contributed by atoms with Crippen LogP contribution in [0.5, 0.6) is 0 Å². The molecule has 1 saturated carbocycles. The van der Waals surface area contributed by atoms with Gasteiger partial charge < -0.3 is 15.0 Å². The maximum absolute atomic E-state index is 13.2. The van der Waals surface area contributed by atoms with E-state index in [9.17, 15) is 9.59 Å². The summed E-state index contributed by atoms with van der Waals surface area (Å²) >= 11 is 0. The number of nitrogens with zero attached hydrogens (tertiary/aromatic N) is 1. The van der Waals surface area contributed by atoms with E-state index in [4.69, 9.17) is 4.74 Å². The molecular weight excluding hydrogens is 268 g/mol. The lowest BCUT2D eigenvalue weighted by Gasteiger charge is -2.48. The zero-order valence-corrected chi connectivity index (χ0v) is 12.8. The first-order valence-corrected chi connectivity index (χ1v) is 8.35. The van der Waals surface area contributed by atoms with Crippen molar-refractivity contribution in [2.75, 3.05) is 0 Å². The fourth-order valence-corrected chi connectivity index (χ4v) is 4.53. The number of piperazine rings is 1. The molecule has 1 N–H and O–H groups in total. The van der Waals surface area contributed by atoms with Gasteiger partial charge in [-0.1, -0.05) is 6.92 Å². The molecule has 3 aliphatic heterocycles. The van der Waals surface area contributed by atoms with Crippen molar-refractivity contribution >= 4 is 11.8 Å². The molecule has 3 heterocycles. The van der Waals surface area contributed by atoms with Crippen molar-refractivity contribution in [3.05, 3.63) is 0 Å². The highest BCUT2D eigenvalue weighted by molar-refractivity contribution is 6.00. The summed E-state index contributed by atoms with van der Waals surface area (Å²) in [6, 6.07) is -0.220. The molecule has 5 heteroatoms. The SMILES string of the molecule is CCC1C(=O)NC(C)(C2CC2)C(=O)N1C1CC2CCC1O2. The van der Waals surface area contributed by atoms with E-state index in [0.29, 0.717) is 18.4 Å². The quantitative estimate of drug-likeness (QED) is 0.850. The third-order valence-corrected chi connectivity index (χ3v) is 5.91. The molecule has 2 amide bonds. The van der Waals surface area contributed by atoms with E-state index in [1.165, 1.54) is 0 Å². The van der Waals surface area contributed by atoms with Crippen molar-refractivity contribution in [2.24, 2.45) is 5.92 Å². The molecule has 4 rings (SSSR count). The Hall–Kier alpha value is -1.10. The monoisotopic (exact) mass is 292 g/mol. The number of carbonyl (C=O) groups excluding carboxylic acids is 2. The van der Waals surface area contributed by atoms with Crippen LogP contribution in [0.15, 0.2) is 0 Å². The van der Waals surface area contributed by atoms with Gasteiger partial charge in [0.25, 0.3) is 0 Å². The van der Waals surface area contributed by atoms with Gasteiger partial charge in [0.15, 0.2) is 0 Å². The van der Waals surface area contributed by atoms with Crippen LogP contribution in [0, 0.1) is 5.92 Å². The number of hydrogen-bond acceptors (Lipinski definition) is 3. The molecule has 5 unspecified atom stereocenters. The van der Waals surface area contributed by atoms with Crippen LogP contribution in [-0.4, -0.2) is 46.5 Å². The summed E-state index contributed by atoms with van der Waals surface area (Å²) in [4.78, 5) is 27.6. The highest BCUT2D eigenvalue weighted by atomic mass is 16.5. The molecule has 0 radical (unpaired) electrons. The summed E-state index contributed by atoms with van der Waals surface area (Å²) in [5, 5.41) is 3.03. The molecule has 116 valence electrons. The average molecular weight is 292 g/mol. The molecule has 0 spiro atoms. The molecular formula is C16H24N2O3. The normalized spacial score (nSPS) is 46.1. The van der Waals surface area contributed by atoms with E-state index in [0.717, 1.165) is 32.1 Å². The lowest BCUT2D eigenvalue weighted by Crippen LogP contribution is -2.72. The fourth-order valence-electron chi connectivity index (χ4n) is 4.53. The smallest absolute Gasteiger partial charge is 0.249 e. The largest absolute Gasteiger partial charge is 0.373 e. The van der Waals surface area contributed by atoms with E-state index < -0.39 is 5.54 Å². The molecule has 5 nitrogen and oxygen atoms in total. The van der Waals surface area contributed by atoms with Gasteiger partial charge in [-0.2, -0.15) is 0 Å². The van der Waals surface area contributed by atoms with Gasteiger partial charge >= 0.3 is 0 Å². The summed E-state index contributed by atoms with van der Waals surface area (Å²) < 4.78 is 5.93. The summed E-state index contributed by atoms with van der Waals surface area (Å²) in [6.45, 7) is 3.90. The minimum absolute atomic E-state index is 0.0225. The topological polar surface area (TPSA) is 58.6 Å². The molecule has 4 aliphatic rings. The molecule has 0 aromatic rings. The predicted molar refractivity (Wildman–Crippen MR) is 76.5 cm³/mol. The zero-order valence-electron chi connectivity index (χ0n) is 12.8. The summed E-state index contributed by atoms with van der Waals surface area (Å²) in [5.41, 5.74) is -0.690. The number of amides is 2. The van der Waals surface area contributed by atoms with Crippen molar-refractivity contribution in [2.45, 2.75) is 82.2 Å². The summed E-state index contributed by atoms with van der Waals surface area (Å²) in [5.74, 6) is 0.459. The number of hydrogen-bond donors (Lipinski definition) is 1. The van der Waals surface area contributed by atoms with Gasteiger partial charge in [0, 0.05) is 0 Å². The van der Waals surface area contributed by atoms with E-state index in [2.05, 4.69) is 5.32 Å². The Morgan fingerprint density at radius 2 is 2.05 bits per heavy atom. The molecule has 5 atom stereocenters. The van der Waals surface area contributed by atoms with Crippen LogP contribution < -0.4 is 5.32 Å². The molecule has 3 saturated heterocycles. The molecule has 4 fully saturated rings. The van der Waals surface area contributed by atoms with Crippen molar-refractivity contribution in [1.29, 1.82) is 0 Å². The molecule has 21 heavy (non-hydrogen) atoms. The highest BCUT2D eigenvalue weighted by Gasteiger charge is 2.58. The van der Waals surface area contributed by atoms with Gasteiger partial charge in [-0.15, -0.1) is 0 Å². The van der Waals surface area contributed by atoms with Crippen LogP contribution in [0.25, 0.3) is 0 Å². The van der Waals surface area contributed by atoms with Crippen molar-refractivity contribution < 1.29 is 14.3 Å². The molecule has 0 aromatic carbocycles. The van der Waals surface area contributed by atoms with Crippen molar-refractivity contribution in [1.82, 2.24) is 10.2 Å². The first kappa shape index (κ1) is 13.6. The molecule has 1 aliphatic carbocycles. The van der Waals surface area contributed by atoms with Crippen LogP contribution in [0.3, 0.4) is 0 Å². The first-order valence-electron chi connectivity index (χ1n) is 8.35. The third-order valence-electron chi connectivity index (χ3n) is 5.91. The Labute approximate surface area is 125 Å². The number of nitrogens with one attached hydrogen (secondary N) is 1. The Bertz CT molecular complexity index is 490. The number of carbonyl (C=O) groups is 2. The van der Waals surface area contributed by atoms with Gasteiger partial charge in [-0.3, -0.25) is 9.59 Å². The maximum atomic E-state index is 13.2. The zero-order chi connectivity index (χ0) is 14.8.